The third kappa shape index (κ3) is 8.26. The summed E-state index contributed by atoms with van der Waals surface area (Å²) < 4.78 is 10.8. The summed E-state index contributed by atoms with van der Waals surface area (Å²) in [6, 6.07) is 31.9. The number of furan rings is 1. The zero-order valence-electron chi connectivity index (χ0n) is 25.0. The Bertz CT molecular complexity index is 1860. The molecule has 3 N–H and O–H groups in total. The highest BCUT2D eigenvalue weighted by Gasteiger charge is 2.24. The van der Waals surface area contributed by atoms with Crippen LogP contribution in [0, 0.1) is 6.92 Å². The molecule has 5 aromatic rings. The maximum atomic E-state index is 13.8. The van der Waals surface area contributed by atoms with Crippen LogP contribution in [0.4, 0.5) is 11.4 Å². The molecule has 0 radical (unpaired) electrons. The van der Waals surface area contributed by atoms with Crippen LogP contribution in [0.3, 0.4) is 0 Å². The first-order chi connectivity index (χ1) is 22.3. The number of thioether (sulfide) groups is 1. The van der Waals surface area contributed by atoms with Gasteiger partial charge in [-0.3, -0.25) is 14.4 Å². The van der Waals surface area contributed by atoms with Crippen LogP contribution in [-0.4, -0.2) is 24.8 Å². The van der Waals surface area contributed by atoms with Gasteiger partial charge in [-0.05, 0) is 66.6 Å². The van der Waals surface area contributed by atoms with Crippen LogP contribution in [-0.2, 0) is 9.59 Å². The molecule has 10 heteroatoms. The molecule has 1 atom stereocenters. The Morgan fingerprint density at radius 1 is 0.870 bits per heavy atom. The number of ether oxygens (including phenoxy) is 1. The first-order valence-electron chi connectivity index (χ1n) is 14.2. The summed E-state index contributed by atoms with van der Waals surface area (Å²) in [7, 11) is 1.52. The van der Waals surface area contributed by atoms with E-state index in [0.29, 0.717) is 33.5 Å². The molecule has 0 spiro atoms. The number of hydrogen-bond donors (Lipinski definition) is 3. The van der Waals surface area contributed by atoms with E-state index in [-0.39, 0.29) is 11.6 Å². The van der Waals surface area contributed by atoms with E-state index in [1.54, 1.807) is 72.8 Å². The molecule has 0 aliphatic carbocycles. The normalized spacial score (nSPS) is 11.8. The van der Waals surface area contributed by atoms with Gasteiger partial charge in [0.2, 0.25) is 5.91 Å². The van der Waals surface area contributed by atoms with Gasteiger partial charge in [-0.2, -0.15) is 0 Å². The lowest BCUT2D eigenvalue weighted by molar-refractivity contribution is -0.116. The Labute approximate surface area is 275 Å². The summed E-state index contributed by atoms with van der Waals surface area (Å²) in [5.41, 5.74) is 2.95. The number of amides is 3. The Balaban J connectivity index is 1.37. The highest BCUT2D eigenvalue weighted by atomic mass is 35.5. The lowest BCUT2D eigenvalue weighted by Gasteiger charge is -2.19. The molecule has 4 aromatic carbocycles. The number of carbonyl (C=O) groups is 3. The van der Waals surface area contributed by atoms with E-state index >= 15 is 0 Å². The standard InChI is InChI=1S/C36H30ClN3O5S/c1-23-19-30(32(44-2)22-29(23)37)39-36(43)33(24-11-5-3-6-12-24)46-28-17-9-15-26(20-28)38-35(42)31(21-27-16-10-18-45-27)40-34(41)25-13-7-4-8-14-25/h3-22,33H,1-2H3,(H,38,42)(H,39,43)(H,40,41)/b31-21-. The minimum absolute atomic E-state index is 0.00407. The fraction of sp³-hybridized carbons (Fsp3) is 0.0833. The van der Waals surface area contributed by atoms with Crippen molar-refractivity contribution in [3.05, 3.63) is 149 Å². The maximum Gasteiger partial charge on any atom is 0.272 e. The molecule has 1 unspecified atom stereocenters. The molecule has 0 saturated heterocycles. The molecule has 0 aliphatic rings. The van der Waals surface area contributed by atoms with Crippen LogP contribution in [0.5, 0.6) is 5.75 Å². The second-order valence-electron chi connectivity index (χ2n) is 10.1. The van der Waals surface area contributed by atoms with Gasteiger partial charge in [0.15, 0.2) is 0 Å². The number of halogens is 1. The van der Waals surface area contributed by atoms with E-state index in [4.69, 9.17) is 20.8 Å². The quantitative estimate of drug-likeness (QED) is 0.0983. The number of hydrogen-bond acceptors (Lipinski definition) is 6. The van der Waals surface area contributed by atoms with Gasteiger partial charge in [-0.25, -0.2) is 0 Å². The lowest BCUT2D eigenvalue weighted by Crippen LogP contribution is -2.30. The first kappa shape index (κ1) is 32.2. The van der Waals surface area contributed by atoms with Crippen LogP contribution in [0.25, 0.3) is 6.08 Å². The van der Waals surface area contributed by atoms with Crippen molar-refractivity contribution in [2.75, 3.05) is 17.7 Å². The van der Waals surface area contributed by atoms with Gasteiger partial charge in [-0.1, -0.05) is 66.2 Å². The van der Waals surface area contributed by atoms with E-state index in [1.807, 2.05) is 43.3 Å². The van der Waals surface area contributed by atoms with E-state index in [0.717, 1.165) is 16.0 Å². The van der Waals surface area contributed by atoms with Crippen LogP contribution in [0.1, 0.15) is 32.5 Å². The predicted molar refractivity (Wildman–Crippen MR) is 182 cm³/mol. The van der Waals surface area contributed by atoms with Gasteiger partial charge in [0.1, 0.15) is 22.5 Å². The molecule has 0 bridgehead atoms. The van der Waals surface area contributed by atoms with Crippen LogP contribution < -0.4 is 20.7 Å². The molecular formula is C36H30ClN3O5S. The Hall–Kier alpha value is -5.25. The fourth-order valence-corrected chi connectivity index (χ4v) is 5.71. The van der Waals surface area contributed by atoms with Crippen molar-refractivity contribution in [1.82, 2.24) is 5.32 Å². The number of nitrogens with one attached hydrogen (secondary N) is 3. The SMILES string of the molecule is COc1cc(Cl)c(C)cc1NC(=O)C(Sc1cccc(NC(=O)/C(=C/c2ccco2)NC(=O)c2ccccc2)c1)c1ccccc1. The minimum Gasteiger partial charge on any atom is -0.495 e. The molecule has 0 saturated carbocycles. The molecule has 232 valence electrons. The van der Waals surface area contributed by atoms with Crippen molar-refractivity contribution in [2.24, 2.45) is 0 Å². The second-order valence-corrected chi connectivity index (χ2v) is 11.7. The molecular weight excluding hydrogens is 622 g/mol. The number of anilines is 2. The van der Waals surface area contributed by atoms with Crippen molar-refractivity contribution in [3.63, 3.8) is 0 Å². The number of rotatable bonds is 11. The van der Waals surface area contributed by atoms with Crippen molar-refractivity contribution >= 4 is 58.5 Å². The molecule has 46 heavy (non-hydrogen) atoms. The van der Waals surface area contributed by atoms with Gasteiger partial charge < -0.3 is 25.1 Å². The molecule has 0 fully saturated rings. The first-order valence-corrected chi connectivity index (χ1v) is 15.5. The summed E-state index contributed by atoms with van der Waals surface area (Å²) in [6.07, 6.45) is 2.93. The fourth-order valence-electron chi connectivity index (χ4n) is 4.47. The predicted octanol–water partition coefficient (Wildman–Crippen LogP) is 8.13. The smallest absolute Gasteiger partial charge is 0.272 e. The summed E-state index contributed by atoms with van der Waals surface area (Å²) in [5.74, 6) is -0.416. The van der Waals surface area contributed by atoms with E-state index < -0.39 is 17.1 Å². The van der Waals surface area contributed by atoms with Crippen molar-refractivity contribution in [3.8, 4) is 5.75 Å². The third-order valence-electron chi connectivity index (χ3n) is 6.78. The van der Waals surface area contributed by atoms with Crippen LogP contribution in [0.15, 0.2) is 130 Å². The number of aryl methyl sites for hydroxylation is 1. The summed E-state index contributed by atoms with van der Waals surface area (Å²) in [5, 5.41) is 8.42. The summed E-state index contributed by atoms with van der Waals surface area (Å²) in [6.45, 7) is 1.85. The average molecular weight is 652 g/mol. The van der Waals surface area contributed by atoms with Gasteiger partial charge in [0, 0.05) is 33.3 Å². The van der Waals surface area contributed by atoms with Gasteiger partial charge in [0.05, 0.1) is 19.1 Å². The monoisotopic (exact) mass is 651 g/mol. The molecule has 0 aliphatic heterocycles. The largest absolute Gasteiger partial charge is 0.495 e. The summed E-state index contributed by atoms with van der Waals surface area (Å²) >= 11 is 7.59. The highest BCUT2D eigenvalue weighted by Crippen LogP contribution is 2.39. The average Bonchev–Trinajstić information content (AvgIpc) is 3.59. The Kier molecular flexibility index (Phi) is 10.6. The zero-order valence-corrected chi connectivity index (χ0v) is 26.5. The number of benzene rings is 4. The minimum atomic E-state index is -0.646. The lowest BCUT2D eigenvalue weighted by atomic mass is 10.1. The topological polar surface area (TPSA) is 110 Å². The molecule has 1 aromatic heterocycles. The Morgan fingerprint density at radius 2 is 1.61 bits per heavy atom. The van der Waals surface area contributed by atoms with E-state index in [1.165, 1.54) is 31.2 Å². The number of methoxy groups -OCH3 is 1. The Morgan fingerprint density at radius 3 is 2.30 bits per heavy atom. The summed E-state index contributed by atoms with van der Waals surface area (Å²) in [4.78, 5) is 40.8. The van der Waals surface area contributed by atoms with Crippen molar-refractivity contribution < 1.29 is 23.5 Å². The van der Waals surface area contributed by atoms with Crippen LogP contribution in [0.2, 0.25) is 5.02 Å². The maximum absolute atomic E-state index is 13.8. The van der Waals surface area contributed by atoms with Gasteiger partial charge in [0.25, 0.3) is 11.8 Å². The van der Waals surface area contributed by atoms with Gasteiger partial charge in [-0.15, -0.1) is 11.8 Å². The van der Waals surface area contributed by atoms with Crippen molar-refractivity contribution in [2.45, 2.75) is 17.1 Å². The van der Waals surface area contributed by atoms with Gasteiger partial charge >= 0.3 is 0 Å². The highest BCUT2D eigenvalue weighted by molar-refractivity contribution is 8.00. The zero-order chi connectivity index (χ0) is 32.5. The van der Waals surface area contributed by atoms with E-state index in [2.05, 4.69) is 16.0 Å². The van der Waals surface area contributed by atoms with Crippen molar-refractivity contribution in [1.29, 1.82) is 0 Å². The molecule has 8 nitrogen and oxygen atoms in total. The third-order valence-corrected chi connectivity index (χ3v) is 8.44. The molecule has 3 amide bonds. The van der Waals surface area contributed by atoms with Crippen LogP contribution >= 0.6 is 23.4 Å². The van der Waals surface area contributed by atoms with E-state index in [9.17, 15) is 14.4 Å². The molecule has 5 rings (SSSR count). The molecule has 1 heterocycles. The number of carbonyl (C=O) groups excluding carboxylic acids is 3. The second kappa shape index (κ2) is 15.2.